The molecular weight excluding hydrogens is 298 g/mol. The van der Waals surface area contributed by atoms with E-state index in [-0.39, 0.29) is 12.1 Å². The molecule has 0 bridgehead atoms. The molecule has 0 spiro atoms. The maximum atomic E-state index is 11.7. The van der Waals surface area contributed by atoms with Gasteiger partial charge in [0.25, 0.3) is 0 Å². The molecule has 8 heteroatoms. The van der Waals surface area contributed by atoms with Crippen LogP contribution in [0.25, 0.3) is 0 Å². The lowest BCUT2D eigenvalue weighted by Crippen LogP contribution is -2.44. The van der Waals surface area contributed by atoms with Crippen LogP contribution >= 0.6 is 11.8 Å². The minimum Gasteiger partial charge on any atom is -0.338 e. The van der Waals surface area contributed by atoms with Crippen molar-refractivity contribution < 1.29 is 13.2 Å². The Morgan fingerprint density at radius 1 is 1.35 bits per heavy atom. The number of nitrogens with one attached hydrogen (secondary N) is 2. The van der Waals surface area contributed by atoms with Crippen LogP contribution in [0.15, 0.2) is 0 Å². The van der Waals surface area contributed by atoms with Crippen molar-refractivity contribution >= 4 is 27.8 Å². The van der Waals surface area contributed by atoms with Gasteiger partial charge in [0, 0.05) is 25.7 Å². The van der Waals surface area contributed by atoms with E-state index in [1.54, 1.807) is 0 Å². The third-order valence-electron chi connectivity index (χ3n) is 3.25. The average Bonchev–Trinajstić information content (AvgIpc) is 2.38. The fraction of sp³-hybridized carbons (Fsp3) is 0.917. The molecular formula is C12H25N3O3S2. The molecule has 2 amide bonds. The molecule has 1 rings (SSSR count). The van der Waals surface area contributed by atoms with Gasteiger partial charge in [-0.05, 0) is 30.8 Å². The SMILES string of the molecule is CCN(CCCNC(=O)NC1CCSCC1)S(C)(=O)=O. The quantitative estimate of drug-likeness (QED) is 0.681. The first kappa shape index (κ1) is 17.6. The molecule has 0 aliphatic carbocycles. The zero-order chi connectivity index (χ0) is 15.0. The minimum atomic E-state index is -3.14. The van der Waals surface area contributed by atoms with Gasteiger partial charge in [0.05, 0.1) is 6.26 Å². The number of thioether (sulfide) groups is 1. The van der Waals surface area contributed by atoms with Crippen molar-refractivity contribution in [1.82, 2.24) is 14.9 Å². The summed E-state index contributed by atoms with van der Waals surface area (Å²) in [5.74, 6) is 2.20. The first-order valence-electron chi connectivity index (χ1n) is 7.00. The van der Waals surface area contributed by atoms with Crippen LogP contribution in [0.5, 0.6) is 0 Å². The number of urea groups is 1. The largest absolute Gasteiger partial charge is 0.338 e. The van der Waals surface area contributed by atoms with Crippen molar-refractivity contribution in [2.75, 3.05) is 37.4 Å². The van der Waals surface area contributed by atoms with Gasteiger partial charge < -0.3 is 10.6 Å². The summed E-state index contributed by atoms with van der Waals surface area (Å²) in [6, 6.07) is 0.128. The summed E-state index contributed by atoms with van der Waals surface area (Å²) in [4.78, 5) is 11.7. The Labute approximate surface area is 126 Å². The number of carbonyl (C=O) groups is 1. The van der Waals surface area contributed by atoms with Crippen molar-refractivity contribution in [2.24, 2.45) is 0 Å². The van der Waals surface area contributed by atoms with E-state index < -0.39 is 10.0 Å². The number of sulfonamides is 1. The predicted octanol–water partition coefficient (Wildman–Crippen LogP) is 0.853. The topological polar surface area (TPSA) is 78.5 Å². The molecule has 0 aromatic rings. The summed E-state index contributed by atoms with van der Waals surface area (Å²) in [6.45, 7) is 3.20. The Hall–Kier alpha value is -0.470. The number of hydrogen-bond donors (Lipinski definition) is 2. The highest BCUT2D eigenvalue weighted by Crippen LogP contribution is 2.16. The minimum absolute atomic E-state index is 0.149. The molecule has 1 heterocycles. The zero-order valence-corrected chi connectivity index (χ0v) is 13.9. The van der Waals surface area contributed by atoms with E-state index >= 15 is 0 Å². The van der Waals surface area contributed by atoms with Gasteiger partial charge >= 0.3 is 6.03 Å². The van der Waals surface area contributed by atoms with Gasteiger partial charge in [-0.2, -0.15) is 11.8 Å². The van der Waals surface area contributed by atoms with Gasteiger partial charge in [-0.25, -0.2) is 17.5 Å². The molecule has 0 saturated carbocycles. The second-order valence-electron chi connectivity index (χ2n) is 4.90. The Morgan fingerprint density at radius 2 is 2.00 bits per heavy atom. The van der Waals surface area contributed by atoms with E-state index in [0.29, 0.717) is 26.1 Å². The number of carbonyl (C=O) groups excluding carboxylic acids is 1. The van der Waals surface area contributed by atoms with Crippen LogP contribution in [-0.2, 0) is 10.0 Å². The number of hydrogen-bond acceptors (Lipinski definition) is 4. The molecule has 2 N–H and O–H groups in total. The second kappa shape index (κ2) is 8.74. The Bertz CT molecular complexity index is 395. The highest BCUT2D eigenvalue weighted by molar-refractivity contribution is 7.99. The van der Waals surface area contributed by atoms with Crippen molar-refractivity contribution in [3.8, 4) is 0 Å². The zero-order valence-electron chi connectivity index (χ0n) is 12.2. The van der Waals surface area contributed by atoms with E-state index in [4.69, 9.17) is 0 Å². The Morgan fingerprint density at radius 3 is 2.55 bits per heavy atom. The molecule has 20 heavy (non-hydrogen) atoms. The highest BCUT2D eigenvalue weighted by atomic mass is 32.2. The monoisotopic (exact) mass is 323 g/mol. The molecule has 118 valence electrons. The Balaban J connectivity index is 2.15. The fourth-order valence-electron chi connectivity index (χ4n) is 2.09. The normalized spacial score (nSPS) is 17.1. The fourth-order valence-corrected chi connectivity index (χ4v) is 4.13. The van der Waals surface area contributed by atoms with Gasteiger partial charge in [0.1, 0.15) is 0 Å². The number of amides is 2. The van der Waals surface area contributed by atoms with E-state index in [1.807, 2.05) is 18.7 Å². The van der Waals surface area contributed by atoms with Crippen LogP contribution in [-0.4, -0.2) is 62.2 Å². The van der Waals surface area contributed by atoms with Crippen molar-refractivity contribution in [3.05, 3.63) is 0 Å². The molecule has 1 aliphatic heterocycles. The molecule has 0 aromatic carbocycles. The molecule has 1 saturated heterocycles. The second-order valence-corrected chi connectivity index (χ2v) is 8.10. The van der Waals surface area contributed by atoms with Crippen LogP contribution in [0.1, 0.15) is 26.2 Å². The van der Waals surface area contributed by atoms with Crippen LogP contribution < -0.4 is 10.6 Å². The van der Waals surface area contributed by atoms with Crippen molar-refractivity contribution in [3.63, 3.8) is 0 Å². The molecule has 0 radical (unpaired) electrons. The van der Waals surface area contributed by atoms with Crippen molar-refractivity contribution in [1.29, 1.82) is 0 Å². The summed E-state index contributed by atoms with van der Waals surface area (Å²) in [5.41, 5.74) is 0. The van der Waals surface area contributed by atoms with E-state index in [1.165, 1.54) is 10.6 Å². The molecule has 0 atom stereocenters. The van der Waals surface area contributed by atoms with Gasteiger partial charge in [-0.1, -0.05) is 6.92 Å². The van der Waals surface area contributed by atoms with Gasteiger partial charge in [0.2, 0.25) is 10.0 Å². The molecule has 0 aromatic heterocycles. The molecule has 1 fully saturated rings. The highest BCUT2D eigenvalue weighted by Gasteiger charge is 2.16. The van der Waals surface area contributed by atoms with Crippen LogP contribution in [0, 0.1) is 0 Å². The number of rotatable bonds is 7. The molecule has 1 aliphatic rings. The summed E-state index contributed by atoms with van der Waals surface area (Å²) in [6.07, 6.45) is 3.87. The lowest BCUT2D eigenvalue weighted by Gasteiger charge is -2.23. The molecule has 0 unspecified atom stereocenters. The maximum Gasteiger partial charge on any atom is 0.315 e. The van der Waals surface area contributed by atoms with Crippen LogP contribution in [0.4, 0.5) is 4.79 Å². The van der Waals surface area contributed by atoms with Crippen LogP contribution in [0.2, 0.25) is 0 Å². The van der Waals surface area contributed by atoms with E-state index in [2.05, 4.69) is 10.6 Å². The predicted molar refractivity (Wildman–Crippen MR) is 83.6 cm³/mol. The van der Waals surface area contributed by atoms with Gasteiger partial charge in [-0.3, -0.25) is 0 Å². The summed E-state index contributed by atoms with van der Waals surface area (Å²) >= 11 is 1.92. The van der Waals surface area contributed by atoms with Crippen molar-refractivity contribution in [2.45, 2.75) is 32.2 Å². The van der Waals surface area contributed by atoms with Gasteiger partial charge in [0.15, 0.2) is 0 Å². The lowest BCUT2D eigenvalue weighted by atomic mass is 10.2. The standard InChI is InChI=1S/C12H25N3O3S2/c1-3-15(20(2,17)18)8-4-7-13-12(16)14-11-5-9-19-10-6-11/h11H,3-10H2,1-2H3,(H2,13,14,16). The summed E-state index contributed by atoms with van der Waals surface area (Å²) in [5, 5.41) is 5.74. The average molecular weight is 323 g/mol. The number of nitrogens with zero attached hydrogens (tertiary/aromatic N) is 1. The Kier molecular flexibility index (Phi) is 7.68. The van der Waals surface area contributed by atoms with Gasteiger partial charge in [-0.15, -0.1) is 0 Å². The van der Waals surface area contributed by atoms with Crippen LogP contribution in [0.3, 0.4) is 0 Å². The third kappa shape index (κ3) is 6.81. The maximum absolute atomic E-state index is 11.7. The third-order valence-corrected chi connectivity index (χ3v) is 5.68. The summed E-state index contributed by atoms with van der Waals surface area (Å²) in [7, 11) is -3.14. The summed E-state index contributed by atoms with van der Waals surface area (Å²) < 4.78 is 24.2. The lowest BCUT2D eigenvalue weighted by molar-refractivity contribution is 0.235. The first-order valence-corrected chi connectivity index (χ1v) is 10.0. The first-order chi connectivity index (χ1) is 9.43. The van der Waals surface area contributed by atoms with E-state index in [0.717, 1.165) is 24.3 Å². The smallest absolute Gasteiger partial charge is 0.315 e. The molecule has 6 nitrogen and oxygen atoms in total. The van der Waals surface area contributed by atoms with E-state index in [9.17, 15) is 13.2 Å².